The van der Waals surface area contributed by atoms with Gasteiger partial charge in [0.1, 0.15) is 12.2 Å². The first-order valence-corrected chi connectivity index (χ1v) is 9.84. The molecule has 2 N–H and O–H groups in total. The third-order valence-corrected chi connectivity index (χ3v) is 5.49. The van der Waals surface area contributed by atoms with E-state index in [4.69, 9.17) is 0 Å². The fourth-order valence-electron chi connectivity index (χ4n) is 4.10. The SMILES string of the molecule is CCc1nncn1CCNC(=NC)NC1CCN(CC2CCCC2)C1. The summed E-state index contributed by atoms with van der Waals surface area (Å²) in [4.78, 5) is 7.01. The van der Waals surface area contributed by atoms with E-state index in [9.17, 15) is 0 Å². The largest absolute Gasteiger partial charge is 0.355 e. The van der Waals surface area contributed by atoms with Crippen LogP contribution in [0.3, 0.4) is 0 Å². The van der Waals surface area contributed by atoms with Gasteiger partial charge in [0.05, 0.1) is 0 Å². The van der Waals surface area contributed by atoms with Gasteiger partial charge in [-0.05, 0) is 25.2 Å². The smallest absolute Gasteiger partial charge is 0.191 e. The maximum absolute atomic E-state index is 4.38. The highest BCUT2D eigenvalue weighted by Gasteiger charge is 2.26. The second-order valence-electron chi connectivity index (χ2n) is 7.33. The lowest BCUT2D eigenvalue weighted by Crippen LogP contribution is -2.45. The van der Waals surface area contributed by atoms with Crippen LogP contribution in [0.4, 0.5) is 0 Å². The average molecular weight is 348 g/mol. The van der Waals surface area contributed by atoms with E-state index in [1.165, 1.54) is 45.2 Å². The zero-order valence-electron chi connectivity index (χ0n) is 15.7. The van der Waals surface area contributed by atoms with Crippen molar-refractivity contribution >= 4 is 5.96 Å². The second kappa shape index (κ2) is 9.17. The molecule has 1 saturated carbocycles. The molecule has 2 heterocycles. The van der Waals surface area contributed by atoms with Crippen LogP contribution in [0, 0.1) is 5.92 Å². The summed E-state index contributed by atoms with van der Waals surface area (Å²) in [6.07, 6.45) is 9.65. The van der Waals surface area contributed by atoms with Gasteiger partial charge in [0, 0.05) is 52.2 Å². The van der Waals surface area contributed by atoms with E-state index < -0.39 is 0 Å². The summed E-state index contributed by atoms with van der Waals surface area (Å²) >= 11 is 0. The first kappa shape index (κ1) is 18.2. The van der Waals surface area contributed by atoms with Crippen molar-refractivity contribution in [2.75, 3.05) is 33.2 Å². The molecule has 7 nitrogen and oxygen atoms in total. The van der Waals surface area contributed by atoms with Crippen LogP contribution in [-0.4, -0.2) is 64.9 Å². The highest BCUT2D eigenvalue weighted by Crippen LogP contribution is 2.26. The third-order valence-electron chi connectivity index (χ3n) is 5.49. The Morgan fingerprint density at radius 3 is 2.92 bits per heavy atom. The lowest BCUT2D eigenvalue weighted by Gasteiger charge is -2.21. The number of aliphatic imine (C=N–C) groups is 1. The molecule has 25 heavy (non-hydrogen) atoms. The molecule has 1 aromatic heterocycles. The van der Waals surface area contributed by atoms with Crippen molar-refractivity contribution in [1.82, 2.24) is 30.3 Å². The van der Waals surface area contributed by atoms with E-state index >= 15 is 0 Å². The van der Waals surface area contributed by atoms with Crippen molar-refractivity contribution < 1.29 is 0 Å². The Morgan fingerprint density at radius 1 is 1.32 bits per heavy atom. The lowest BCUT2D eigenvalue weighted by atomic mass is 10.1. The first-order valence-electron chi connectivity index (χ1n) is 9.84. The van der Waals surface area contributed by atoms with Crippen LogP contribution in [0.25, 0.3) is 0 Å². The van der Waals surface area contributed by atoms with E-state index in [0.717, 1.165) is 43.8 Å². The van der Waals surface area contributed by atoms with Crippen molar-refractivity contribution in [3.8, 4) is 0 Å². The van der Waals surface area contributed by atoms with Crippen LogP contribution in [0.5, 0.6) is 0 Å². The van der Waals surface area contributed by atoms with Crippen molar-refractivity contribution in [3.63, 3.8) is 0 Å². The summed E-state index contributed by atoms with van der Waals surface area (Å²) in [5, 5.41) is 15.1. The zero-order chi connectivity index (χ0) is 17.5. The number of aromatic nitrogens is 3. The summed E-state index contributed by atoms with van der Waals surface area (Å²) in [6, 6.07) is 0.508. The van der Waals surface area contributed by atoms with Crippen molar-refractivity contribution in [1.29, 1.82) is 0 Å². The average Bonchev–Trinajstić information content (AvgIpc) is 3.36. The predicted octanol–water partition coefficient (Wildman–Crippen LogP) is 1.27. The predicted molar refractivity (Wildman–Crippen MR) is 101 cm³/mol. The van der Waals surface area contributed by atoms with E-state index in [1.807, 2.05) is 7.05 Å². The van der Waals surface area contributed by atoms with Gasteiger partial charge in [-0.2, -0.15) is 0 Å². The molecule has 1 aliphatic carbocycles. The summed E-state index contributed by atoms with van der Waals surface area (Å²) in [7, 11) is 1.84. The topological polar surface area (TPSA) is 70.4 Å². The van der Waals surface area contributed by atoms with Gasteiger partial charge < -0.3 is 20.1 Å². The molecule has 7 heteroatoms. The number of nitrogens with one attached hydrogen (secondary N) is 2. The quantitative estimate of drug-likeness (QED) is 0.574. The van der Waals surface area contributed by atoms with E-state index in [0.29, 0.717) is 6.04 Å². The Bertz CT molecular complexity index is 547. The molecule has 1 atom stereocenters. The maximum Gasteiger partial charge on any atom is 0.191 e. The van der Waals surface area contributed by atoms with Crippen molar-refractivity contribution in [2.45, 2.75) is 58.0 Å². The minimum absolute atomic E-state index is 0.508. The van der Waals surface area contributed by atoms with Gasteiger partial charge in [-0.25, -0.2) is 0 Å². The van der Waals surface area contributed by atoms with Crippen LogP contribution in [0.15, 0.2) is 11.3 Å². The summed E-state index contributed by atoms with van der Waals surface area (Å²) in [6.45, 7) is 7.43. The van der Waals surface area contributed by atoms with Crippen LogP contribution < -0.4 is 10.6 Å². The molecule has 0 spiro atoms. The van der Waals surface area contributed by atoms with E-state index in [2.05, 4.69) is 42.2 Å². The summed E-state index contributed by atoms with van der Waals surface area (Å²) in [5.41, 5.74) is 0. The standard InChI is InChI=1S/C18H33N7/c1-3-17-23-21-14-25(17)11-9-20-18(19-2)22-16-8-10-24(13-16)12-15-6-4-5-7-15/h14-16H,3-13H2,1-2H3,(H2,19,20,22). The fraction of sp³-hybridized carbons (Fsp3) is 0.833. The molecule has 0 bridgehead atoms. The molecule has 0 amide bonds. The number of nitrogens with zero attached hydrogens (tertiary/aromatic N) is 5. The van der Waals surface area contributed by atoms with Crippen molar-refractivity contribution in [3.05, 3.63) is 12.2 Å². The summed E-state index contributed by atoms with van der Waals surface area (Å²) < 4.78 is 2.10. The van der Waals surface area contributed by atoms with Crippen molar-refractivity contribution in [2.24, 2.45) is 10.9 Å². The van der Waals surface area contributed by atoms with E-state index in [1.54, 1.807) is 6.33 Å². The number of likely N-dealkylation sites (tertiary alicyclic amines) is 1. The molecule has 1 aliphatic heterocycles. The molecule has 2 fully saturated rings. The Morgan fingerprint density at radius 2 is 2.16 bits per heavy atom. The Hall–Kier alpha value is -1.63. The van der Waals surface area contributed by atoms with Gasteiger partial charge in [0.25, 0.3) is 0 Å². The Labute approximate surface area is 151 Å². The van der Waals surface area contributed by atoms with Gasteiger partial charge in [-0.3, -0.25) is 4.99 Å². The first-order chi connectivity index (χ1) is 12.3. The molecule has 2 aliphatic rings. The van der Waals surface area contributed by atoms with Gasteiger partial charge >= 0.3 is 0 Å². The molecule has 140 valence electrons. The number of aryl methyl sites for hydroxylation is 1. The minimum atomic E-state index is 0.508. The number of rotatable bonds is 7. The van der Waals surface area contributed by atoms with Gasteiger partial charge in [0.2, 0.25) is 0 Å². The fourth-order valence-corrected chi connectivity index (χ4v) is 4.10. The number of hydrogen-bond donors (Lipinski definition) is 2. The Balaban J connectivity index is 1.37. The number of guanidine groups is 1. The lowest BCUT2D eigenvalue weighted by molar-refractivity contribution is 0.275. The molecule has 0 aromatic carbocycles. The number of hydrogen-bond acceptors (Lipinski definition) is 4. The van der Waals surface area contributed by atoms with Crippen LogP contribution in [-0.2, 0) is 13.0 Å². The molecule has 1 unspecified atom stereocenters. The van der Waals surface area contributed by atoms with Crippen LogP contribution >= 0.6 is 0 Å². The zero-order valence-corrected chi connectivity index (χ0v) is 15.7. The van der Waals surface area contributed by atoms with Gasteiger partial charge in [0.15, 0.2) is 5.96 Å². The Kier molecular flexibility index (Phi) is 6.67. The molecular formula is C18H33N7. The van der Waals surface area contributed by atoms with Crippen LogP contribution in [0.2, 0.25) is 0 Å². The third kappa shape index (κ3) is 5.17. The van der Waals surface area contributed by atoms with Crippen LogP contribution in [0.1, 0.15) is 44.9 Å². The molecule has 1 saturated heterocycles. The van der Waals surface area contributed by atoms with Gasteiger partial charge in [-0.1, -0.05) is 19.8 Å². The molecule has 3 rings (SSSR count). The minimum Gasteiger partial charge on any atom is -0.355 e. The van der Waals surface area contributed by atoms with Gasteiger partial charge in [-0.15, -0.1) is 10.2 Å². The normalized spacial score (nSPS) is 22.6. The molecule has 1 aromatic rings. The summed E-state index contributed by atoms with van der Waals surface area (Å²) in [5.74, 6) is 2.87. The maximum atomic E-state index is 4.38. The second-order valence-corrected chi connectivity index (χ2v) is 7.33. The highest BCUT2D eigenvalue weighted by atomic mass is 15.3. The molecule has 0 radical (unpaired) electrons. The highest BCUT2D eigenvalue weighted by molar-refractivity contribution is 5.79. The van der Waals surface area contributed by atoms with E-state index in [-0.39, 0.29) is 0 Å². The monoisotopic (exact) mass is 347 g/mol. The molecular weight excluding hydrogens is 314 g/mol.